The molecule has 2 aromatic heterocycles. The molecule has 0 aliphatic heterocycles. The van der Waals surface area contributed by atoms with E-state index in [1.807, 2.05) is 61.7 Å². The third kappa shape index (κ3) is 4.17. The van der Waals surface area contributed by atoms with Gasteiger partial charge in [0, 0.05) is 18.4 Å². The van der Waals surface area contributed by atoms with Gasteiger partial charge in [0.15, 0.2) is 11.0 Å². The van der Waals surface area contributed by atoms with Crippen LogP contribution in [0, 0.1) is 0 Å². The van der Waals surface area contributed by atoms with Gasteiger partial charge >= 0.3 is 0 Å². The number of hydrogen-bond donors (Lipinski definition) is 1. The van der Waals surface area contributed by atoms with Gasteiger partial charge in [-0.1, -0.05) is 30.0 Å². The number of carbonyl (C=O) groups excluding carboxylic acids is 1. The predicted molar refractivity (Wildman–Crippen MR) is 110 cm³/mol. The lowest BCUT2D eigenvalue weighted by Gasteiger charge is -2.22. The van der Waals surface area contributed by atoms with Crippen LogP contribution < -0.4 is 10.1 Å². The molecule has 0 saturated carbocycles. The van der Waals surface area contributed by atoms with Gasteiger partial charge in [-0.3, -0.25) is 9.78 Å². The topological polar surface area (TPSA) is 81.9 Å². The lowest BCUT2D eigenvalue weighted by Crippen LogP contribution is -2.34. The maximum atomic E-state index is 12.8. The Hall–Kier alpha value is -2.87. The maximum absolute atomic E-state index is 12.8. The highest BCUT2D eigenvalue weighted by Gasteiger charge is 2.32. The third-order valence-electron chi connectivity index (χ3n) is 4.20. The minimum absolute atomic E-state index is 0.0996. The normalized spacial score (nSPS) is 11.3. The molecule has 28 heavy (non-hydrogen) atoms. The van der Waals surface area contributed by atoms with Gasteiger partial charge in [0.25, 0.3) is 0 Å². The number of nitrogens with one attached hydrogen (secondary N) is 1. The van der Waals surface area contributed by atoms with E-state index in [0.717, 1.165) is 11.3 Å². The van der Waals surface area contributed by atoms with Crippen LogP contribution in [0.4, 0.5) is 5.69 Å². The SMILES string of the molecule is CCn1c(SC(C)(C)C(=O)Nc2ccccc2)nnc1-c1ccncc1OC. The highest BCUT2D eigenvalue weighted by Crippen LogP contribution is 2.36. The summed E-state index contributed by atoms with van der Waals surface area (Å²) in [7, 11) is 1.60. The molecule has 3 aromatic rings. The fourth-order valence-corrected chi connectivity index (χ4v) is 3.66. The van der Waals surface area contributed by atoms with Gasteiger partial charge in [-0.25, -0.2) is 0 Å². The predicted octanol–water partition coefficient (Wildman–Crippen LogP) is 3.88. The molecule has 0 unspecified atom stereocenters. The van der Waals surface area contributed by atoms with Crippen molar-refractivity contribution in [2.45, 2.75) is 37.2 Å². The van der Waals surface area contributed by atoms with E-state index < -0.39 is 4.75 Å². The number of ether oxygens (including phenoxy) is 1. The van der Waals surface area contributed by atoms with Crippen LogP contribution in [0.5, 0.6) is 5.75 Å². The van der Waals surface area contributed by atoms with Crippen LogP contribution in [0.2, 0.25) is 0 Å². The lowest BCUT2D eigenvalue weighted by atomic mass is 10.2. The fraction of sp³-hybridized carbons (Fsp3) is 0.300. The van der Waals surface area contributed by atoms with Crippen LogP contribution >= 0.6 is 11.8 Å². The Kier molecular flexibility index (Phi) is 5.99. The summed E-state index contributed by atoms with van der Waals surface area (Å²) in [6.45, 7) is 6.42. The molecule has 2 heterocycles. The second-order valence-electron chi connectivity index (χ2n) is 6.56. The molecule has 1 N–H and O–H groups in total. The first kappa shape index (κ1) is 19.9. The number of aromatic nitrogens is 4. The van der Waals surface area contributed by atoms with E-state index in [4.69, 9.17) is 4.74 Å². The number of benzene rings is 1. The smallest absolute Gasteiger partial charge is 0.240 e. The minimum atomic E-state index is -0.741. The van der Waals surface area contributed by atoms with Crippen LogP contribution in [-0.4, -0.2) is 37.5 Å². The Morgan fingerprint density at radius 2 is 1.96 bits per heavy atom. The summed E-state index contributed by atoms with van der Waals surface area (Å²) >= 11 is 1.37. The zero-order valence-electron chi connectivity index (χ0n) is 16.3. The average molecular weight is 398 g/mol. The first-order chi connectivity index (χ1) is 13.5. The number of methoxy groups -OCH3 is 1. The van der Waals surface area contributed by atoms with E-state index in [0.29, 0.717) is 23.3 Å². The second kappa shape index (κ2) is 8.43. The molecule has 3 rings (SSSR count). The molecular weight excluding hydrogens is 374 g/mol. The Morgan fingerprint density at radius 3 is 2.64 bits per heavy atom. The average Bonchev–Trinajstić information content (AvgIpc) is 3.10. The van der Waals surface area contributed by atoms with Crippen molar-refractivity contribution in [1.29, 1.82) is 0 Å². The molecule has 0 bridgehead atoms. The van der Waals surface area contributed by atoms with E-state index in [-0.39, 0.29) is 5.91 Å². The number of anilines is 1. The monoisotopic (exact) mass is 397 g/mol. The fourth-order valence-electron chi connectivity index (χ4n) is 2.65. The Balaban J connectivity index is 1.86. The van der Waals surface area contributed by atoms with Crippen molar-refractivity contribution >= 4 is 23.4 Å². The minimum Gasteiger partial charge on any atom is -0.494 e. The van der Waals surface area contributed by atoms with Gasteiger partial charge in [-0.05, 0) is 39.0 Å². The van der Waals surface area contributed by atoms with E-state index in [1.165, 1.54) is 11.8 Å². The highest BCUT2D eigenvalue weighted by atomic mass is 32.2. The summed E-state index contributed by atoms with van der Waals surface area (Å²) < 4.78 is 6.63. The van der Waals surface area contributed by atoms with Crippen LogP contribution in [0.15, 0.2) is 53.9 Å². The second-order valence-corrected chi connectivity index (χ2v) is 8.15. The molecule has 0 fully saturated rings. The number of para-hydroxylation sites is 1. The summed E-state index contributed by atoms with van der Waals surface area (Å²) in [5, 5.41) is 12.3. The summed E-state index contributed by atoms with van der Waals surface area (Å²) in [4.78, 5) is 16.9. The number of carbonyl (C=O) groups is 1. The number of hydrogen-bond acceptors (Lipinski definition) is 6. The van der Waals surface area contributed by atoms with Crippen molar-refractivity contribution in [1.82, 2.24) is 19.7 Å². The summed E-state index contributed by atoms with van der Waals surface area (Å²) in [5.41, 5.74) is 1.57. The molecule has 8 heteroatoms. The van der Waals surface area contributed by atoms with Gasteiger partial charge < -0.3 is 14.6 Å². The molecule has 0 aliphatic carbocycles. The first-order valence-electron chi connectivity index (χ1n) is 8.93. The Labute approximate surface area is 168 Å². The van der Waals surface area contributed by atoms with Gasteiger partial charge in [-0.15, -0.1) is 10.2 Å². The Morgan fingerprint density at radius 1 is 1.21 bits per heavy atom. The number of thioether (sulfide) groups is 1. The van der Waals surface area contributed by atoms with Crippen molar-refractivity contribution in [3.05, 3.63) is 48.8 Å². The standard InChI is InChI=1S/C20H23N5O2S/c1-5-25-17(15-11-12-21-13-16(15)27-4)23-24-19(25)28-20(2,3)18(26)22-14-9-7-6-8-10-14/h6-13H,5H2,1-4H3,(H,22,26). The number of pyridine rings is 1. The molecular formula is C20H23N5O2S. The third-order valence-corrected chi connectivity index (χ3v) is 5.38. The van der Waals surface area contributed by atoms with Crippen molar-refractivity contribution in [2.75, 3.05) is 12.4 Å². The van der Waals surface area contributed by atoms with Crippen molar-refractivity contribution in [3.8, 4) is 17.1 Å². The maximum Gasteiger partial charge on any atom is 0.240 e. The van der Waals surface area contributed by atoms with E-state index in [2.05, 4.69) is 20.5 Å². The molecule has 1 aromatic carbocycles. The van der Waals surface area contributed by atoms with Crippen molar-refractivity contribution in [2.24, 2.45) is 0 Å². The van der Waals surface area contributed by atoms with Crippen molar-refractivity contribution < 1.29 is 9.53 Å². The van der Waals surface area contributed by atoms with Crippen LogP contribution in [0.3, 0.4) is 0 Å². The van der Waals surface area contributed by atoms with Gasteiger partial charge in [0.05, 0.1) is 23.6 Å². The molecule has 1 amide bonds. The highest BCUT2D eigenvalue weighted by molar-refractivity contribution is 8.01. The number of amides is 1. The van der Waals surface area contributed by atoms with E-state index >= 15 is 0 Å². The summed E-state index contributed by atoms with van der Waals surface area (Å²) in [5.74, 6) is 1.21. The Bertz CT molecular complexity index is 956. The van der Waals surface area contributed by atoms with Crippen LogP contribution in [0.1, 0.15) is 20.8 Å². The van der Waals surface area contributed by atoms with E-state index in [9.17, 15) is 4.79 Å². The zero-order chi connectivity index (χ0) is 20.1. The van der Waals surface area contributed by atoms with Gasteiger partial charge in [0.1, 0.15) is 5.75 Å². The molecule has 0 radical (unpaired) electrons. The largest absolute Gasteiger partial charge is 0.494 e. The quantitative estimate of drug-likeness (QED) is 0.609. The number of nitrogens with zero attached hydrogens (tertiary/aromatic N) is 4. The lowest BCUT2D eigenvalue weighted by molar-refractivity contribution is -0.117. The molecule has 0 spiro atoms. The van der Waals surface area contributed by atoms with Crippen LogP contribution in [-0.2, 0) is 11.3 Å². The van der Waals surface area contributed by atoms with E-state index in [1.54, 1.807) is 19.5 Å². The molecule has 7 nitrogen and oxygen atoms in total. The zero-order valence-corrected chi connectivity index (χ0v) is 17.2. The summed E-state index contributed by atoms with van der Waals surface area (Å²) in [6.07, 6.45) is 3.34. The molecule has 0 aliphatic rings. The molecule has 146 valence electrons. The summed E-state index contributed by atoms with van der Waals surface area (Å²) in [6, 6.07) is 11.3. The first-order valence-corrected chi connectivity index (χ1v) is 9.75. The number of rotatable bonds is 7. The molecule has 0 saturated heterocycles. The van der Waals surface area contributed by atoms with Crippen molar-refractivity contribution in [3.63, 3.8) is 0 Å². The molecule has 0 atom stereocenters. The van der Waals surface area contributed by atoms with Gasteiger partial charge in [0.2, 0.25) is 5.91 Å². The van der Waals surface area contributed by atoms with Gasteiger partial charge in [-0.2, -0.15) is 0 Å². The van der Waals surface area contributed by atoms with Crippen LogP contribution in [0.25, 0.3) is 11.4 Å².